The number of fused-ring (bicyclic) bond motifs is 1. The predicted octanol–water partition coefficient (Wildman–Crippen LogP) is 11.5. The SMILES string of the molecule is Cc1csc(NC(=O)c2cccc3c2CN(c2ccc(-c4cccc(Oc5ccc(CCCC(=O)N[C@H](C(=O)N6C[C@H](O)C[C@H]6C(=O)N[C@@H](C)c6ccc(-c7scnc7C)cc6)C(C)(C)C)cc5)c4C)c(C(=O)OC(C)(C)C)n2)CC3)n1. The van der Waals surface area contributed by atoms with Crippen molar-refractivity contribution >= 4 is 63.2 Å². The number of carbonyl (C=O) groups is 5. The highest BCUT2D eigenvalue weighted by Gasteiger charge is 2.45. The van der Waals surface area contributed by atoms with Crippen LogP contribution in [-0.4, -0.2) is 91.4 Å². The van der Waals surface area contributed by atoms with Gasteiger partial charge in [-0.25, -0.2) is 19.7 Å². The van der Waals surface area contributed by atoms with Gasteiger partial charge in [0.25, 0.3) is 5.91 Å². The maximum Gasteiger partial charge on any atom is 0.358 e. The van der Waals surface area contributed by atoms with E-state index in [0.717, 1.165) is 55.2 Å². The van der Waals surface area contributed by atoms with Gasteiger partial charge in [0.1, 0.15) is 35.0 Å². The van der Waals surface area contributed by atoms with Gasteiger partial charge >= 0.3 is 5.97 Å². The molecule has 2 aliphatic heterocycles. The molecular formula is C64H72N8O8S2. The summed E-state index contributed by atoms with van der Waals surface area (Å²) in [6, 6.07) is 28.7. The second-order valence-corrected chi connectivity index (χ2v) is 25.1. The van der Waals surface area contributed by atoms with Crippen molar-refractivity contribution in [2.24, 2.45) is 5.41 Å². The number of amides is 4. The Balaban J connectivity index is 0.819. The summed E-state index contributed by atoms with van der Waals surface area (Å²) < 4.78 is 12.4. The van der Waals surface area contributed by atoms with Gasteiger partial charge in [-0.05, 0) is 148 Å². The number of β-amino-alcohol motifs (C(OH)–C–C–N with tert-alkyl or cyclic N) is 1. The number of benzene rings is 4. The van der Waals surface area contributed by atoms with Crippen molar-refractivity contribution in [3.8, 4) is 33.1 Å². The van der Waals surface area contributed by atoms with Gasteiger partial charge in [-0.2, -0.15) is 0 Å². The number of ether oxygens (including phenoxy) is 2. The number of pyridine rings is 1. The zero-order valence-electron chi connectivity index (χ0n) is 48.2. The number of esters is 1. The van der Waals surface area contributed by atoms with Crippen molar-refractivity contribution < 1.29 is 38.6 Å². The first kappa shape index (κ1) is 58.8. The van der Waals surface area contributed by atoms with Crippen molar-refractivity contribution in [1.82, 2.24) is 30.5 Å². The number of nitrogens with zero attached hydrogens (tertiary/aromatic N) is 5. The van der Waals surface area contributed by atoms with E-state index in [1.807, 2.05) is 177 Å². The Morgan fingerprint density at radius 2 is 1.59 bits per heavy atom. The number of aliphatic hydroxyl groups is 1. The first-order valence-corrected chi connectivity index (χ1v) is 29.5. The Hall–Kier alpha value is -7.80. The van der Waals surface area contributed by atoms with E-state index in [1.54, 1.807) is 11.3 Å². The van der Waals surface area contributed by atoms with Crippen molar-refractivity contribution in [2.45, 2.75) is 138 Å². The van der Waals surface area contributed by atoms with E-state index in [0.29, 0.717) is 65.9 Å². The molecule has 1 saturated heterocycles. The number of hydrogen-bond acceptors (Lipinski definition) is 14. The molecule has 0 radical (unpaired) electrons. The quantitative estimate of drug-likeness (QED) is 0.0629. The Bertz CT molecular complexity index is 3490. The average molecular weight is 1150 g/mol. The molecule has 16 nitrogen and oxygen atoms in total. The van der Waals surface area contributed by atoms with E-state index in [4.69, 9.17) is 14.5 Å². The normalized spacial score (nSPS) is 16.0. The largest absolute Gasteiger partial charge is 0.457 e. The molecule has 9 rings (SSSR count). The lowest BCUT2D eigenvalue weighted by atomic mass is 9.85. The van der Waals surface area contributed by atoms with Gasteiger partial charge in [-0.3, -0.25) is 24.5 Å². The predicted molar refractivity (Wildman–Crippen MR) is 321 cm³/mol. The molecule has 18 heteroatoms. The Labute approximate surface area is 487 Å². The monoisotopic (exact) mass is 1140 g/mol. The number of likely N-dealkylation sites (tertiary alicyclic amines) is 1. The highest BCUT2D eigenvalue weighted by Crippen LogP contribution is 2.37. The van der Waals surface area contributed by atoms with Crippen LogP contribution in [0.1, 0.15) is 134 Å². The lowest BCUT2D eigenvalue weighted by molar-refractivity contribution is -0.144. The van der Waals surface area contributed by atoms with Gasteiger partial charge in [0.15, 0.2) is 10.8 Å². The maximum absolute atomic E-state index is 14.3. The third kappa shape index (κ3) is 13.9. The molecular weight excluding hydrogens is 1070 g/mol. The van der Waals surface area contributed by atoms with Crippen LogP contribution in [0.25, 0.3) is 21.6 Å². The molecule has 4 atom stereocenters. The molecule has 0 aliphatic carbocycles. The first-order chi connectivity index (χ1) is 39.0. The molecule has 4 aromatic carbocycles. The maximum atomic E-state index is 14.3. The number of carbonyl (C=O) groups excluding carboxylic acids is 5. The molecule has 0 spiro atoms. The Morgan fingerprint density at radius 3 is 2.27 bits per heavy atom. The average Bonchev–Trinajstić information content (AvgIpc) is 4.27. The summed E-state index contributed by atoms with van der Waals surface area (Å²) in [6.45, 7) is 19.8. The van der Waals surface area contributed by atoms with Crippen LogP contribution in [0.2, 0.25) is 0 Å². The van der Waals surface area contributed by atoms with Crippen LogP contribution in [0.15, 0.2) is 108 Å². The topological polar surface area (TPSA) is 205 Å². The lowest BCUT2D eigenvalue weighted by Gasteiger charge is -2.35. The summed E-state index contributed by atoms with van der Waals surface area (Å²) in [6.07, 6.45) is 1.15. The third-order valence-electron chi connectivity index (χ3n) is 14.8. The minimum absolute atomic E-state index is 0.0152. The lowest BCUT2D eigenvalue weighted by Crippen LogP contribution is -2.57. The molecule has 82 heavy (non-hydrogen) atoms. The van der Waals surface area contributed by atoms with E-state index in [-0.39, 0.29) is 48.8 Å². The highest BCUT2D eigenvalue weighted by atomic mass is 32.1. The van der Waals surface area contributed by atoms with Gasteiger partial charge in [0.2, 0.25) is 17.7 Å². The summed E-state index contributed by atoms with van der Waals surface area (Å²) in [5.74, 6) is -0.0907. The van der Waals surface area contributed by atoms with E-state index in [2.05, 4.69) is 30.8 Å². The molecule has 2 aliphatic rings. The molecule has 7 aromatic rings. The Morgan fingerprint density at radius 1 is 0.841 bits per heavy atom. The number of rotatable bonds is 17. The number of anilines is 2. The molecule has 5 heterocycles. The first-order valence-electron chi connectivity index (χ1n) is 27.8. The molecule has 4 N–H and O–H groups in total. The number of aliphatic hydroxyl groups excluding tert-OH is 1. The number of nitrogens with one attached hydrogen (secondary N) is 3. The van der Waals surface area contributed by atoms with Crippen molar-refractivity contribution in [3.63, 3.8) is 0 Å². The smallest absolute Gasteiger partial charge is 0.358 e. The fraction of sp³-hybridized carbons (Fsp3) is 0.375. The summed E-state index contributed by atoms with van der Waals surface area (Å²) in [5, 5.41) is 22.2. The van der Waals surface area contributed by atoms with E-state index < -0.39 is 41.1 Å². The van der Waals surface area contributed by atoms with Crippen LogP contribution >= 0.6 is 22.7 Å². The van der Waals surface area contributed by atoms with E-state index >= 15 is 0 Å². The molecule has 3 aromatic heterocycles. The van der Waals surface area contributed by atoms with Crippen molar-refractivity contribution in [3.05, 3.63) is 158 Å². The van der Waals surface area contributed by atoms with Gasteiger partial charge in [0, 0.05) is 49.0 Å². The van der Waals surface area contributed by atoms with Gasteiger partial charge in [0.05, 0.1) is 33.9 Å². The number of thiazole rings is 2. The number of aromatic nitrogens is 3. The summed E-state index contributed by atoms with van der Waals surface area (Å²) in [4.78, 5) is 87.7. The van der Waals surface area contributed by atoms with Crippen molar-refractivity contribution in [1.29, 1.82) is 0 Å². The molecule has 4 amide bonds. The van der Waals surface area contributed by atoms with Gasteiger partial charge in [-0.15, -0.1) is 22.7 Å². The Kier molecular flexibility index (Phi) is 17.8. The minimum atomic E-state index is -0.937. The van der Waals surface area contributed by atoms with Crippen LogP contribution in [0.4, 0.5) is 10.9 Å². The second kappa shape index (κ2) is 24.7. The third-order valence-corrected chi connectivity index (χ3v) is 16.7. The molecule has 1 fully saturated rings. The zero-order chi connectivity index (χ0) is 58.6. The van der Waals surface area contributed by atoms with E-state index in [1.165, 1.54) is 16.2 Å². The van der Waals surface area contributed by atoms with E-state index in [9.17, 15) is 29.1 Å². The molecule has 0 saturated carbocycles. The zero-order valence-corrected chi connectivity index (χ0v) is 49.8. The van der Waals surface area contributed by atoms with Crippen LogP contribution < -0.4 is 25.6 Å². The number of hydrogen-bond donors (Lipinski definition) is 4. The van der Waals surface area contributed by atoms with Gasteiger partial charge in [-0.1, -0.05) is 81.4 Å². The van der Waals surface area contributed by atoms with Crippen LogP contribution in [-0.2, 0) is 38.5 Å². The summed E-state index contributed by atoms with van der Waals surface area (Å²) in [7, 11) is 0. The molecule has 0 bridgehead atoms. The second-order valence-electron chi connectivity index (χ2n) is 23.3. The van der Waals surface area contributed by atoms with Crippen LogP contribution in [0.5, 0.6) is 11.5 Å². The fourth-order valence-electron chi connectivity index (χ4n) is 10.5. The van der Waals surface area contributed by atoms with Gasteiger partial charge < -0.3 is 35.0 Å². The molecule has 0 unspecified atom stereocenters. The van der Waals surface area contributed by atoms with Crippen LogP contribution in [0.3, 0.4) is 0 Å². The summed E-state index contributed by atoms with van der Waals surface area (Å²) in [5.41, 5.74) is 9.90. The molecule has 428 valence electrons. The standard InChI is InChI=1S/C64H72N8O8S2/c1-37-35-81-62(66-37)70-58(75)49-17-12-15-43-30-31-71(34-50(43)49)53-29-28-48(55(68-53)61(78)80-64(8,9)10)47-16-13-18-52(38(47)2)79-46-26-20-41(21-27-46)14-11-19-54(74)69-57(63(5,6)7)60(77)72-33-45(73)32-51(72)59(76)67-39(3)42-22-24-44(25-23-42)56-40(4)65-36-82-56/h12-13,15-18,20-29,35-36,39,45,51,57,73H,11,14,19,30-34H2,1-10H3,(H,67,76)(H,69,74)(H,66,70,75)/t39-,45+,51-,57+/m0/s1. The summed E-state index contributed by atoms with van der Waals surface area (Å²) >= 11 is 2.95. The number of aryl methyl sites for hydroxylation is 3. The van der Waals surface area contributed by atoms with Crippen LogP contribution in [0, 0.1) is 26.2 Å². The highest BCUT2D eigenvalue weighted by molar-refractivity contribution is 7.14. The van der Waals surface area contributed by atoms with Crippen molar-refractivity contribution in [2.75, 3.05) is 23.3 Å². The fourth-order valence-corrected chi connectivity index (χ4v) is 12.0. The minimum Gasteiger partial charge on any atom is -0.457 e.